The predicted molar refractivity (Wildman–Crippen MR) is 103 cm³/mol. The average Bonchev–Trinajstić information content (AvgIpc) is 2.62. The second kappa shape index (κ2) is 7.85. The fourth-order valence-electron chi connectivity index (χ4n) is 2.55. The first-order chi connectivity index (χ1) is 12.7. The van der Waals surface area contributed by atoms with E-state index in [0.717, 1.165) is 9.13 Å². The van der Waals surface area contributed by atoms with E-state index in [1.165, 1.54) is 26.2 Å². The van der Waals surface area contributed by atoms with Gasteiger partial charge in [-0.2, -0.15) is 0 Å². The maximum Gasteiger partial charge on any atom is 0.332 e. The molecule has 0 saturated heterocycles. The van der Waals surface area contributed by atoms with Crippen molar-refractivity contribution in [1.29, 1.82) is 0 Å². The van der Waals surface area contributed by atoms with Crippen LogP contribution in [0.4, 0.5) is 17.2 Å². The molecule has 0 unspecified atom stereocenters. The molecular formula is C17H23N5O5. The summed E-state index contributed by atoms with van der Waals surface area (Å²) < 4.78 is 12.2. The first kappa shape index (κ1) is 19.9. The van der Waals surface area contributed by atoms with Crippen molar-refractivity contribution in [1.82, 2.24) is 9.13 Å². The minimum atomic E-state index is -0.679. The third kappa shape index (κ3) is 4.05. The normalized spacial score (nSPS) is 10.4. The molecule has 1 heterocycles. The zero-order valence-electron chi connectivity index (χ0n) is 15.9. The van der Waals surface area contributed by atoms with Crippen LogP contribution in [-0.2, 0) is 18.4 Å². The molecule has 0 fully saturated rings. The summed E-state index contributed by atoms with van der Waals surface area (Å²) in [5.74, 6) is 0.448. The number of amides is 1. The summed E-state index contributed by atoms with van der Waals surface area (Å²) in [5.41, 5.74) is 5.07. The van der Waals surface area contributed by atoms with Crippen molar-refractivity contribution in [2.45, 2.75) is 6.54 Å². The summed E-state index contributed by atoms with van der Waals surface area (Å²) in [4.78, 5) is 38.9. The molecule has 0 aliphatic rings. The quantitative estimate of drug-likeness (QED) is 0.718. The predicted octanol–water partition coefficient (Wildman–Crippen LogP) is -0.149. The summed E-state index contributed by atoms with van der Waals surface area (Å²) in [6.45, 7) is -0.466. The van der Waals surface area contributed by atoms with Gasteiger partial charge in [0, 0.05) is 45.0 Å². The Morgan fingerprint density at radius 3 is 2.19 bits per heavy atom. The van der Waals surface area contributed by atoms with E-state index in [1.54, 1.807) is 32.3 Å². The van der Waals surface area contributed by atoms with E-state index in [4.69, 9.17) is 15.2 Å². The molecule has 0 radical (unpaired) electrons. The molecule has 10 nitrogen and oxygen atoms in total. The van der Waals surface area contributed by atoms with Crippen LogP contribution in [0.2, 0.25) is 0 Å². The molecule has 0 bridgehead atoms. The van der Waals surface area contributed by atoms with Crippen molar-refractivity contribution < 1.29 is 14.3 Å². The zero-order valence-corrected chi connectivity index (χ0v) is 15.9. The molecule has 0 saturated carbocycles. The summed E-state index contributed by atoms with van der Waals surface area (Å²) in [7, 11) is 7.67. The summed E-state index contributed by atoms with van der Waals surface area (Å²) >= 11 is 0. The van der Waals surface area contributed by atoms with E-state index < -0.39 is 23.7 Å². The number of benzene rings is 1. The molecular weight excluding hydrogens is 354 g/mol. The lowest BCUT2D eigenvalue weighted by atomic mass is 10.2. The SMILES string of the molecule is COc1cc(NC(=O)Cn2c(=O)c(N(C)C)c(N)n(C)c2=O)cc(OC)c1. The topological polar surface area (TPSA) is 121 Å². The first-order valence-corrected chi connectivity index (χ1v) is 7.99. The van der Waals surface area contributed by atoms with Gasteiger partial charge in [0.05, 0.1) is 14.2 Å². The van der Waals surface area contributed by atoms with E-state index >= 15 is 0 Å². The molecule has 2 rings (SSSR count). The van der Waals surface area contributed by atoms with Gasteiger partial charge in [-0.15, -0.1) is 0 Å². The van der Waals surface area contributed by atoms with Gasteiger partial charge < -0.3 is 25.4 Å². The number of ether oxygens (including phenoxy) is 2. The van der Waals surface area contributed by atoms with Crippen molar-refractivity contribution in [2.75, 3.05) is 44.3 Å². The molecule has 0 spiro atoms. The standard InChI is InChI=1S/C17H23N5O5/c1-20(2)14-15(18)21(3)17(25)22(16(14)24)9-13(23)19-10-6-11(26-4)8-12(7-10)27-5/h6-8H,9,18H2,1-5H3,(H,19,23). The third-order valence-electron chi connectivity index (χ3n) is 3.95. The monoisotopic (exact) mass is 377 g/mol. The molecule has 146 valence electrons. The Kier molecular flexibility index (Phi) is 5.78. The Morgan fingerprint density at radius 1 is 1.15 bits per heavy atom. The van der Waals surface area contributed by atoms with Gasteiger partial charge in [-0.05, 0) is 0 Å². The van der Waals surface area contributed by atoms with Gasteiger partial charge in [0.25, 0.3) is 5.56 Å². The van der Waals surface area contributed by atoms with Gasteiger partial charge in [-0.25, -0.2) is 9.36 Å². The average molecular weight is 377 g/mol. The summed E-state index contributed by atoms with van der Waals surface area (Å²) in [5, 5.41) is 2.63. The largest absolute Gasteiger partial charge is 0.497 e. The second-order valence-electron chi connectivity index (χ2n) is 6.01. The fraction of sp³-hybridized carbons (Fsp3) is 0.353. The van der Waals surface area contributed by atoms with Gasteiger partial charge in [0.1, 0.15) is 29.5 Å². The van der Waals surface area contributed by atoms with Crippen LogP contribution in [0.1, 0.15) is 0 Å². The van der Waals surface area contributed by atoms with E-state index in [2.05, 4.69) is 5.32 Å². The fourth-order valence-corrected chi connectivity index (χ4v) is 2.55. The van der Waals surface area contributed by atoms with Gasteiger partial charge in [0.2, 0.25) is 5.91 Å². The molecule has 3 N–H and O–H groups in total. The van der Waals surface area contributed by atoms with Crippen LogP contribution in [0.5, 0.6) is 11.5 Å². The third-order valence-corrected chi connectivity index (χ3v) is 3.95. The van der Waals surface area contributed by atoms with E-state index in [0.29, 0.717) is 17.2 Å². The van der Waals surface area contributed by atoms with Crippen LogP contribution in [0, 0.1) is 0 Å². The van der Waals surface area contributed by atoms with Crippen LogP contribution in [-0.4, -0.2) is 43.4 Å². The molecule has 1 aromatic carbocycles. The number of nitrogen functional groups attached to an aromatic ring is 1. The van der Waals surface area contributed by atoms with Crippen molar-refractivity contribution in [3.63, 3.8) is 0 Å². The number of nitrogens with two attached hydrogens (primary N) is 1. The Morgan fingerprint density at radius 2 is 1.70 bits per heavy atom. The van der Waals surface area contributed by atoms with Crippen LogP contribution in [0.15, 0.2) is 27.8 Å². The number of carbonyl (C=O) groups excluding carboxylic acids is 1. The number of nitrogens with one attached hydrogen (secondary N) is 1. The van der Waals surface area contributed by atoms with Crippen LogP contribution in [0.25, 0.3) is 0 Å². The minimum absolute atomic E-state index is 0.0317. The molecule has 1 aromatic heterocycles. The van der Waals surface area contributed by atoms with Crippen LogP contribution in [0.3, 0.4) is 0 Å². The number of rotatable bonds is 6. The first-order valence-electron chi connectivity index (χ1n) is 7.99. The minimum Gasteiger partial charge on any atom is -0.497 e. The zero-order chi connectivity index (χ0) is 20.3. The van der Waals surface area contributed by atoms with Gasteiger partial charge in [-0.1, -0.05) is 0 Å². The molecule has 1 amide bonds. The number of hydrogen-bond acceptors (Lipinski definition) is 7. The molecule has 2 aromatic rings. The molecule has 0 aliphatic heterocycles. The van der Waals surface area contributed by atoms with Crippen LogP contribution < -0.4 is 36.7 Å². The van der Waals surface area contributed by atoms with Crippen LogP contribution >= 0.6 is 0 Å². The molecule has 10 heteroatoms. The highest BCUT2D eigenvalue weighted by Crippen LogP contribution is 2.25. The number of carbonyl (C=O) groups is 1. The Bertz CT molecular complexity index is 955. The smallest absolute Gasteiger partial charge is 0.332 e. The van der Waals surface area contributed by atoms with E-state index in [-0.39, 0.29) is 11.5 Å². The maximum absolute atomic E-state index is 12.6. The number of aromatic nitrogens is 2. The van der Waals surface area contributed by atoms with Crippen molar-refractivity contribution in [2.24, 2.45) is 7.05 Å². The highest BCUT2D eigenvalue weighted by Gasteiger charge is 2.18. The lowest BCUT2D eigenvalue weighted by molar-refractivity contribution is -0.116. The number of anilines is 3. The summed E-state index contributed by atoms with van der Waals surface area (Å²) in [6.07, 6.45) is 0. The van der Waals surface area contributed by atoms with Crippen molar-refractivity contribution in [3.05, 3.63) is 39.0 Å². The number of methoxy groups -OCH3 is 2. The highest BCUT2D eigenvalue weighted by atomic mass is 16.5. The molecule has 0 atom stereocenters. The molecule has 0 aliphatic carbocycles. The Labute approximate surface area is 155 Å². The van der Waals surface area contributed by atoms with Crippen molar-refractivity contribution in [3.8, 4) is 11.5 Å². The Balaban J connectivity index is 2.37. The van der Waals surface area contributed by atoms with Gasteiger partial charge >= 0.3 is 5.69 Å². The number of hydrogen-bond donors (Lipinski definition) is 2. The lowest BCUT2D eigenvalue weighted by Crippen LogP contribution is -2.44. The Hall–Kier alpha value is -3.43. The number of nitrogens with zero attached hydrogens (tertiary/aromatic N) is 3. The maximum atomic E-state index is 12.6. The van der Waals surface area contributed by atoms with E-state index in [1.807, 2.05) is 0 Å². The van der Waals surface area contributed by atoms with Gasteiger partial charge in [-0.3, -0.25) is 14.2 Å². The van der Waals surface area contributed by atoms with Gasteiger partial charge in [0.15, 0.2) is 0 Å². The van der Waals surface area contributed by atoms with Crippen molar-refractivity contribution >= 4 is 23.1 Å². The second-order valence-corrected chi connectivity index (χ2v) is 6.01. The lowest BCUT2D eigenvalue weighted by Gasteiger charge is -2.18. The summed E-state index contributed by atoms with van der Waals surface area (Å²) in [6, 6.07) is 4.84. The van der Waals surface area contributed by atoms with E-state index in [9.17, 15) is 14.4 Å². The highest BCUT2D eigenvalue weighted by molar-refractivity contribution is 5.91. The molecule has 27 heavy (non-hydrogen) atoms.